The molecule has 2 heteroatoms. The van der Waals surface area contributed by atoms with Gasteiger partial charge in [-0.3, -0.25) is 4.98 Å². The molecule has 1 N–H and O–H groups in total. The summed E-state index contributed by atoms with van der Waals surface area (Å²) in [7, 11) is 1.99. The Hall–Kier alpha value is -2.19. The predicted molar refractivity (Wildman–Crippen MR) is 83.8 cm³/mol. The standard InChI is InChI=1S/C18H18N2/c1-13-5-7-15(8-6-13)18(19-2)16-10-9-14-4-3-11-20-17(14)12-16/h3-12,18-19H,1-2H3. The van der Waals surface area contributed by atoms with Crippen molar-refractivity contribution < 1.29 is 0 Å². The van der Waals surface area contributed by atoms with E-state index in [1.54, 1.807) is 0 Å². The van der Waals surface area contributed by atoms with Gasteiger partial charge in [0, 0.05) is 11.6 Å². The summed E-state index contributed by atoms with van der Waals surface area (Å²) in [6.45, 7) is 2.11. The van der Waals surface area contributed by atoms with Gasteiger partial charge in [0.25, 0.3) is 0 Å². The predicted octanol–water partition coefficient (Wildman–Crippen LogP) is 3.85. The Morgan fingerprint density at radius 1 is 0.950 bits per heavy atom. The number of aryl methyl sites for hydroxylation is 1. The van der Waals surface area contributed by atoms with Crippen LogP contribution in [0.3, 0.4) is 0 Å². The molecule has 0 aliphatic heterocycles. The maximum absolute atomic E-state index is 4.44. The summed E-state index contributed by atoms with van der Waals surface area (Å²) in [5.74, 6) is 0. The lowest BCUT2D eigenvalue weighted by atomic mass is 9.97. The summed E-state index contributed by atoms with van der Waals surface area (Å²) in [6.07, 6.45) is 1.84. The first-order chi connectivity index (χ1) is 9.78. The monoisotopic (exact) mass is 262 g/mol. The van der Waals surface area contributed by atoms with Gasteiger partial charge in [-0.1, -0.05) is 48.0 Å². The highest BCUT2D eigenvalue weighted by atomic mass is 14.9. The third-order valence-corrected chi connectivity index (χ3v) is 3.66. The van der Waals surface area contributed by atoms with E-state index >= 15 is 0 Å². The van der Waals surface area contributed by atoms with Crippen molar-refractivity contribution in [1.82, 2.24) is 10.3 Å². The molecule has 3 rings (SSSR count). The van der Waals surface area contributed by atoms with Crippen LogP contribution < -0.4 is 5.32 Å². The van der Waals surface area contributed by atoms with E-state index < -0.39 is 0 Å². The average Bonchev–Trinajstić information content (AvgIpc) is 2.50. The van der Waals surface area contributed by atoms with E-state index in [9.17, 15) is 0 Å². The fourth-order valence-electron chi connectivity index (χ4n) is 2.55. The van der Waals surface area contributed by atoms with Gasteiger partial charge in [-0.2, -0.15) is 0 Å². The van der Waals surface area contributed by atoms with Crippen LogP contribution in [-0.2, 0) is 0 Å². The summed E-state index contributed by atoms with van der Waals surface area (Å²) in [6, 6.07) is 19.4. The number of nitrogens with one attached hydrogen (secondary N) is 1. The third kappa shape index (κ3) is 2.43. The van der Waals surface area contributed by atoms with Crippen molar-refractivity contribution in [3.8, 4) is 0 Å². The van der Waals surface area contributed by atoms with Crippen LogP contribution in [-0.4, -0.2) is 12.0 Å². The number of benzene rings is 2. The number of hydrogen-bond donors (Lipinski definition) is 1. The van der Waals surface area contributed by atoms with Crippen molar-refractivity contribution in [1.29, 1.82) is 0 Å². The number of fused-ring (bicyclic) bond motifs is 1. The van der Waals surface area contributed by atoms with Gasteiger partial charge in [-0.05, 0) is 37.2 Å². The molecule has 100 valence electrons. The number of hydrogen-bond acceptors (Lipinski definition) is 2. The van der Waals surface area contributed by atoms with Crippen molar-refractivity contribution in [2.24, 2.45) is 0 Å². The van der Waals surface area contributed by atoms with Gasteiger partial charge in [-0.15, -0.1) is 0 Å². The van der Waals surface area contributed by atoms with Crippen LogP contribution in [0.4, 0.5) is 0 Å². The van der Waals surface area contributed by atoms with Crippen LogP contribution in [0, 0.1) is 6.92 Å². The van der Waals surface area contributed by atoms with E-state index in [1.165, 1.54) is 22.1 Å². The zero-order valence-corrected chi connectivity index (χ0v) is 11.8. The quantitative estimate of drug-likeness (QED) is 0.775. The van der Waals surface area contributed by atoms with E-state index in [4.69, 9.17) is 0 Å². The number of rotatable bonds is 3. The minimum Gasteiger partial charge on any atom is -0.309 e. The number of nitrogens with zero attached hydrogens (tertiary/aromatic N) is 1. The Morgan fingerprint density at radius 2 is 1.70 bits per heavy atom. The van der Waals surface area contributed by atoms with Crippen molar-refractivity contribution in [2.75, 3.05) is 7.05 Å². The summed E-state index contributed by atoms with van der Waals surface area (Å²) in [5, 5.41) is 4.57. The molecule has 0 aliphatic carbocycles. The molecule has 1 heterocycles. The highest BCUT2D eigenvalue weighted by molar-refractivity contribution is 5.79. The zero-order valence-electron chi connectivity index (χ0n) is 11.8. The number of pyridine rings is 1. The smallest absolute Gasteiger partial charge is 0.0705 e. The summed E-state index contributed by atoms with van der Waals surface area (Å²) in [4.78, 5) is 4.44. The SMILES string of the molecule is CNC(c1ccc(C)cc1)c1ccc2cccnc2c1. The van der Waals surface area contributed by atoms with Crippen LogP contribution in [0.15, 0.2) is 60.8 Å². The molecule has 0 amide bonds. The van der Waals surface area contributed by atoms with Gasteiger partial charge in [0.2, 0.25) is 0 Å². The van der Waals surface area contributed by atoms with Crippen molar-refractivity contribution >= 4 is 10.9 Å². The van der Waals surface area contributed by atoms with Gasteiger partial charge in [-0.25, -0.2) is 0 Å². The molecule has 2 nitrogen and oxygen atoms in total. The topological polar surface area (TPSA) is 24.9 Å². The maximum Gasteiger partial charge on any atom is 0.0705 e. The van der Waals surface area contributed by atoms with E-state index in [0.29, 0.717) is 0 Å². The molecule has 0 bridgehead atoms. The Kier molecular flexibility index (Phi) is 3.48. The van der Waals surface area contributed by atoms with Crippen LogP contribution >= 0.6 is 0 Å². The van der Waals surface area contributed by atoms with Gasteiger partial charge in [0.05, 0.1) is 11.6 Å². The Morgan fingerprint density at radius 3 is 2.45 bits per heavy atom. The van der Waals surface area contributed by atoms with Crippen LogP contribution in [0.5, 0.6) is 0 Å². The van der Waals surface area contributed by atoms with Gasteiger partial charge in [0.1, 0.15) is 0 Å². The Balaban J connectivity index is 2.04. The van der Waals surface area contributed by atoms with Crippen molar-refractivity contribution in [2.45, 2.75) is 13.0 Å². The molecule has 0 fully saturated rings. The molecule has 1 atom stereocenters. The minimum absolute atomic E-state index is 0.196. The van der Waals surface area contributed by atoms with E-state index in [1.807, 2.05) is 19.3 Å². The van der Waals surface area contributed by atoms with Crippen LogP contribution in [0.25, 0.3) is 10.9 Å². The first-order valence-corrected chi connectivity index (χ1v) is 6.86. The first kappa shape index (κ1) is 12.8. The lowest BCUT2D eigenvalue weighted by molar-refractivity contribution is 0.692. The molecular weight excluding hydrogens is 244 g/mol. The lowest BCUT2D eigenvalue weighted by Crippen LogP contribution is -2.17. The van der Waals surface area contributed by atoms with E-state index in [-0.39, 0.29) is 6.04 Å². The van der Waals surface area contributed by atoms with Gasteiger partial charge in [0.15, 0.2) is 0 Å². The molecule has 1 unspecified atom stereocenters. The highest BCUT2D eigenvalue weighted by Crippen LogP contribution is 2.24. The molecule has 2 aromatic carbocycles. The lowest BCUT2D eigenvalue weighted by Gasteiger charge is -2.18. The molecule has 20 heavy (non-hydrogen) atoms. The minimum atomic E-state index is 0.196. The molecular formula is C18H18N2. The number of aromatic nitrogens is 1. The molecule has 0 saturated carbocycles. The first-order valence-electron chi connectivity index (χ1n) is 6.86. The summed E-state index contributed by atoms with van der Waals surface area (Å²) in [5.41, 5.74) is 4.83. The highest BCUT2D eigenvalue weighted by Gasteiger charge is 2.12. The molecule has 0 saturated heterocycles. The molecule has 0 spiro atoms. The summed E-state index contributed by atoms with van der Waals surface area (Å²) < 4.78 is 0. The van der Waals surface area contributed by atoms with Gasteiger partial charge < -0.3 is 5.32 Å². The summed E-state index contributed by atoms with van der Waals surface area (Å²) >= 11 is 0. The third-order valence-electron chi connectivity index (χ3n) is 3.66. The fraction of sp³-hybridized carbons (Fsp3) is 0.167. The fourth-order valence-corrected chi connectivity index (χ4v) is 2.55. The second-order valence-electron chi connectivity index (χ2n) is 5.09. The Bertz CT molecular complexity index is 717. The van der Waals surface area contributed by atoms with E-state index in [0.717, 1.165) is 5.52 Å². The second kappa shape index (κ2) is 5.43. The molecule has 0 radical (unpaired) electrons. The van der Waals surface area contributed by atoms with Crippen LogP contribution in [0.2, 0.25) is 0 Å². The van der Waals surface area contributed by atoms with E-state index in [2.05, 4.69) is 65.8 Å². The van der Waals surface area contributed by atoms with Crippen molar-refractivity contribution in [3.63, 3.8) is 0 Å². The maximum atomic E-state index is 4.44. The zero-order chi connectivity index (χ0) is 13.9. The van der Waals surface area contributed by atoms with Crippen LogP contribution in [0.1, 0.15) is 22.7 Å². The normalized spacial score (nSPS) is 12.5. The molecule has 1 aromatic heterocycles. The molecule has 0 aliphatic rings. The molecule has 3 aromatic rings. The van der Waals surface area contributed by atoms with Crippen molar-refractivity contribution in [3.05, 3.63) is 77.5 Å². The average molecular weight is 262 g/mol. The second-order valence-corrected chi connectivity index (χ2v) is 5.09. The van der Waals surface area contributed by atoms with Gasteiger partial charge >= 0.3 is 0 Å². The Labute approximate surface area is 119 Å². The largest absolute Gasteiger partial charge is 0.309 e.